The Morgan fingerprint density at radius 3 is 2.58 bits per heavy atom. The number of pyridine rings is 1. The minimum absolute atomic E-state index is 0.195. The summed E-state index contributed by atoms with van der Waals surface area (Å²) in [6, 6.07) is 11.7. The van der Waals surface area contributed by atoms with Crippen molar-refractivity contribution in [2.75, 3.05) is 6.54 Å². The molecule has 0 radical (unpaired) electrons. The van der Waals surface area contributed by atoms with Gasteiger partial charge in [0.25, 0.3) is 0 Å². The summed E-state index contributed by atoms with van der Waals surface area (Å²) in [6.45, 7) is 0.278. The summed E-state index contributed by atoms with van der Waals surface area (Å²) in [4.78, 5) is 8.93. The molecule has 5 nitrogen and oxygen atoms in total. The summed E-state index contributed by atoms with van der Waals surface area (Å²) < 4.78 is 26.9. The van der Waals surface area contributed by atoms with Crippen LogP contribution in [0.1, 0.15) is 5.01 Å². The van der Waals surface area contributed by atoms with E-state index < -0.39 is 10.0 Å². The van der Waals surface area contributed by atoms with Gasteiger partial charge in [0.15, 0.2) is 0 Å². The number of nitrogens with one attached hydrogen (secondary N) is 1. The van der Waals surface area contributed by atoms with Crippen LogP contribution in [0.3, 0.4) is 0 Å². The van der Waals surface area contributed by atoms with Crippen LogP contribution in [-0.2, 0) is 16.4 Å². The lowest BCUT2D eigenvalue weighted by molar-refractivity contribution is 0.581. The average Bonchev–Trinajstić information content (AvgIpc) is 3.05. The molecule has 124 valence electrons. The van der Waals surface area contributed by atoms with E-state index in [1.165, 1.54) is 23.5 Å². The Balaban J connectivity index is 1.60. The summed E-state index contributed by atoms with van der Waals surface area (Å²) in [7, 11) is -3.54. The monoisotopic (exact) mass is 379 g/mol. The third kappa shape index (κ3) is 4.18. The number of aromatic nitrogens is 2. The predicted octanol–water partition coefficient (Wildman–Crippen LogP) is 3.38. The summed E-state index contributed by atoms with van der Waals surface area (Å²) in [5.41, 5.74) is 1.61. The van der Waals surface area contributed by atoms with Crippen LogP contribution in [0, 0.1) is 0 Å². The lowest BCUT2D eigenvalue weighted by atomic mass is 10.3. The molecule has 0 atom stereocenters. The number of hydrogen-bond donors (Lipinski definition) is 1. The molecule has 2 aromatic heterocycles. The molecule has 24 heavy (non-hydrogen) atoms. The van der Waals surface area contributed by atoms with Crippen LogP contribution in [0.4, 0.5) is 0 Å². The van der Waals surface area contributed by atoms with Gasteiger partial charge in [0, 0.05) is 29.6 Å². The predicted molar refractivity (Wildman–Crippen MR) is 95.7 cm³/mol. The third-order valence-corrected chi connectivity index (χ3v) is 5.87. The van der Waals surface area contributed by atoms with Gasteiger partial charge in [-0.15, -0.1) is 11.3 Å². The molecule has 3 rings (SSSR count). The van der Waals surface area contributed by atoms with Crippen molar-refractivity contribution in [2.24, 2.45) is 0 Å². The lowest BCUT2D eigenvalue weighted by Gasteiger charge is -2.05. The lowest BCUT2D eigenvalue weighted by Crippen LogP contribution is -2.25. The first-order valence-corrected chi connectivity index (χ1v) is 9.90. The standard InChI is InChI=1S/C16H14ClN3O2S2/c17-12-4-6-13(7-5-12)24(21,22)19-10-8-16-20-15(11-23-16)14-3-1-2-9-18-14/h1-7,9,11,19H,8,10H2. The van der Waals surface area contributed by atoms with Gasteiger partial charge in [-0.3, -0.25) is 4.98 Å². The molecule has 1 aromatic carbocycles. The van der Waals surface area contributed by atoms with E-state index in [9.17, 15) is 8.42 Å². The SMILES string of the molecule is O=S(=O)(NCCc1nc(-c2ccccn2)cs1)c1ccc(Cl)cc1. The van der Waals surface area contributed by atoms with Crippen LogP contribution in [-0.4, -0.2) is 24.9 Å². The normalized spacial score (nSPS) is 11.5. The summed E-state index contributed by atoms with van der Waals surface area (Å²) in [5, 5.41) is 3.28. The van der Waals surface area contributed by atoms with Gasteiger partial charge in [-0.2, -0.15) is 0 Å². The van der Waals surface area contributed by atoms with E-state index in [0.717, 1.165) is 16.4 Å². The summed E-state index contributed by atoms with van der Waals surface area (Å²) in [5.74, 6) is 0. The minimum Gasteiger partial charge on any atom is -0.255 e. The fourth-order valence-electron chi connectivity index (χ4n) is 2.05. The van der Waals surface area contributed by atoms with Crippen molar-refractivity contribution in [1.29, 1.82) is 0 Å². The Hall–Kier alpha value is -1.80. The molecular formula is C16H14ClN3O2S2. The Kier molecular flexibility index (Phi) is 5.25. The van der Waals surface area contributed by atoms with Crippen LogP contribution >= 0.6 is 22.9 Å². The van der Waals surface area contributed by atoms with Crippen molar-refractivity contribution in [3.63, 3.8) is 0 Å². The first-order valence-electron chi connectivity index (χ1n) is 7.16. The van der Waals surface area contributed by atoms with Gasteiger partial charge in [0.1, 0.15) is 0 Å². The molecule has 0 fully saturated rings. The number of thiazole rings is 1. The van der Waals surface area contributed by atoms with Crippen LogP contribution < -0.4 is 4.72 Å². The number of benzene rings is 1. The molecule has 0 bridgehead atoms. The van der Waals surface area contributed by atoms with E-state index >= 15 is 0 Å². The molecular weight excluding hydrogens is 366 g/mol. The van der Waals surface area contributed by atoms with E-state index in [-0.39, 0.29) is 11.4 Å². The van der Waals surface area contributed by atoms with E-state index in [1.54, 1.807) is 18.3 Å². The number of hydrogen-bond acceptors (Lipinski definition) is 5. The van der Waals surface area contributed by atoms with Crippen LogP contribution in [0.25, 0.3) is 11.4 Å². The van der Waals surface area contributed by atoms with Crippen LogP contribution in [0.5, 0.6) is 0 Å². The molecule has 0 saturated heterocycles. The van der Waals surface area contributed by atoms with E-state index in [0.29, 0.717) is 11.4 Å². The van der Waals surface area contributed by atoms with E-state index in [4.69, 9.17) is 11.6 Å². The molecule has 0 aliphatic carbocycles. The second kappa shape index (κ2) is 7.40. The first-order chi connectivity index (χ1) is 11.5. The topological polar surface area (TPSA) is 72.0 Å². The number of nitrogens with zero attached hydrogens (tertiary/aromatic N) is 2. The molecule has 0 aliphatic rings. The second-order valence-electron chi connectivity index (χ2n) is 4.94. The van der Waals surface area contributed by atoms with Crippen LogP contribution in [0.15, 0.2) is 58.9 Å². The van der Waals surface area contributed by atoms with Gasteiger partial charge in [-0.05, 0) is 36.4 Å². The van der Waals surface area contributed by atoms with Gasteiger partial charge in [-0.1, -0.05) is 17.7 Å². The number of halogens is 1. The molecule has 0 unspecified atom stereocenters. The molecule has 3 aromatic rings. The molecule has 0 saturated carbocycles. The molecule has 0 spiro atoms. The zero-order valence-corrected chi connectivity index (χ0v) is 14.9. The Labute approximate surface area is 149 Å². The molecule has 1 N–H and O–H groups in total. The minimum atomic E-state index is -3.54. The highest BCUT2D eigenvalue weighted by atomic mass is 35.5. The molecule has 8 heteroatoms. The average molecular weight is 380 g/mol. The number of sulfonamides is 1. The highest BCUT2D eigenvalue weighted by Gasteiger charge is 2.13. The van der Waals surface area contributed by atoms with Crippen molar-refractivity contribution >= 4 is 33.0 Å². The van der Waals surface area contributed by atoms with Gasteiger partial charge in [0.05, 0.1) is 21.3 Å². The second-order valence-corrected chi connectivity index (χ2v) is 8.09. The van der Waals surface area contributed by atoms with Crippen molar-refractivity contribution in [2.45, 2.75) is 11.3 Å². The van der Waals surface area contributed by atoms with Crippen molar-refractivity contribution in [1.82, 2.24) is 14.7 Å². The van der Waals surface area contributed by atoms with Crippen molar-refractivity contribution in [3.05, 3.63) is 64.1 Å². The Morgan fingerprint density at radius 2 is 1.88 bits per heavy atom. The third-order valence-electron chi connectivity index (χ3n) is 3.23. The van der Waals surface area contributed by atoms with E-state index in [2.05, 4.69) is 14.7 Å². The summed E-state index contributed by atoms with van der Waals surface area (Å²) >= 11 is 7.26. The fourth-order valence-corrected chi connectivity index (χ4v) is 4.00. The van der Waals surface area contributed by atoms with Gasteiger partial charge >= 0.3 is 0 Å². The Morgan fingerprint density at radius 1 is 1.08 bits per heavy atom. The van der Waals surface area contributed by atoms with Gasteiger partial charge in [0.2, 0.25) is 10.0 Å². The maximum absolute atomic E-state index is 12.2. The highest BCUT2D eigenvalue weighted by Crippen LogP contribution is 2.20. The smallest absolute Gasteiger partial charge is 0.240 e. The zero-order valence-electron chi connectivity index (χ0n) is 12.5. The maximum Gasteiger partial charge on any atom is 0.240 e. The first kappa shape index (κ1) is 17.0. The number of rotatable bonds is 6. The van der Waals surface area contributed by atoms with Crippen LogP contribution in [0.2, 0.25) is 5.02 Å². The highest BCUT2D eigenvalue weighted by molar-refractivity contribution is 7.89. The molecule has 0 aliphatic heterocycles. The van der Waals surface area contributed by atoms with Crippen molar-refractivity contribution in [3.8, 4) is 11.4 Å². The largest absolute Gasteiger partial charge is 0.255 e. The zero-order chi connectivity index (χ0) is 17.0. The Bertz CT molecular complexity index is 910. The quantitative estimate of drug-likeness (QED) is 0.712. The maximum atomic E-state index is 12.2. The van der Waals surface area contributed by atoms with Gasteiger partial charge < -0.3 is 0 Å². The van der Waals surface area contributed by atoms with E-state index in [1.807, 2.05) is 23.6 Å². The molecule has 2 heterocycles. The van der Waals surface area contributed by atoms with Gasteiger partial charge in [-0.25, -0.2) is 18.1 Å². The summed E-state index contributed by atoms with van der Waals surface area (Å²) in [6.07, 6.45) is 2.24. The molecule has 0 amide bonds. The van der Waals surface area contributed by atoms with Crippen molar-refractivity contribution < 1.29 is 8.42 Å². The fraction of sp³-hybridized carbons (Fsp3) is 0.125.